The van der Waals surface area contributed by atoms with E-state index < -0.39 is 0 Å². The van der Waals surface area contributed by atoms with Gasteiger partial charge in [0, 0.05) is 6.04 Å². The van der Waals surface area contributed by atoms with Crippen LogP contribution in [0.25, 0.3) is 0 Å². The Balaban J connectivity index is 1.82. The summed E-state index contributed by atoms with van der Waals surface area (Å²) < 4.78 is 0. The number of amides is 1. The van der Waals surface area contributed by atoms with Crippen molar-refractivity contribution in [2.45, 2.75) is 57.5 Å². The Morgan fingerprint density at radius 1 is 1.31 bits per heavy atom. The van der Waals surface area contributed by atoms with E-state index >= 15 is 0 Å². The highest BCUT2D eigenvalue weighted by atomic mass is 16.6. The first-order chi connectivity index (χ1) is 7.81. The van der Waals surface area contributed by atoms with E-state index in [2.05, 4.69) is 10.8 Å². The average molecular weight is 226 g/mol. The van der Waals surface area contributed by atoms with Crippen LogP contribution < -0.4 is 10.8 Å². The third-order valence-corrected chi connectivity index (χ3v) is 3.78. The largest absolute Gasteiger partial charge is 0.303 e. The summed E-state index contributed by atoms with van der Waals surface area (Å²) in [7, 11) is 0. The van der Waals surface area contributed by atoms with Crippen LogP contribution in [0, 0.1) is 5.92 Å². The van der Waals surface area contributed by atoms with Crippen LogP contribution >= 0.6 is 0 Å². The van der Waals surface area contributed by atoms with Gasteiger partial charge in [0.1, 0.15) is 0 Å². The molecule has 1 amide bonds. The first-order valence-electron chi connectivity index (χ1n) is 6.49. The molecule has 0 aromatic rings. The highest BCUT2D eigenvalue weighted by molar-refractivity contribution is 5.80. The molecule has 1 aliphatic heterocycles. The van der Waals surface area contributed by atoms with Crippen LogP contribution in [0.3, 0.4) is 0 Å². The van der Waals surface area contributed by atoms with Crippen LogP contribution in [0.2, 0.25) is 0 Å². The zero-order chi connectivity index (χ0) is 11.4. The maximum atomic E-state index is 11.7. The molecule has 0 radical (unpaired) electrons. The molecule has 2 aliphatic rings. The van der Waals surface area contributed by atoms with Gasteiger partial charge < -0.3 is 5.32 Å². The molecule has 16 heavy (non-hydrogen) atoms. The summed E-state index contributed by atoms with van der Waals surface area (Å²) in [5.74, 6) is 0.788. The van der Waals surface area contributed by atoms with Gasteiger partial charge >= 0.3 is 0 Å². The van der Waals surface area contributed by atoms with E-state index in [1.165, 1.54) is 32.1 Å². The average Bonchev–Trinajstić information content (AvgIpc) is 2.35. The van der Waals surface area contributed by atoms with Crippen LogP contribution in [0.5, 0.6) is 0 Å². The Morgan fingerprint density at radius 2 is 2.12 bits per heavy atom. The van der Waals surface area contributed by atoms with Crippen LogP contribution in [0.1, 0.15) is 45.4 Å². The first-order valence-corrected chi connectivity index (χ1v) is 6.49. The van der Waals surface area contributed by atoms with Crippen molar-refractivity contribution in [2.24, 2.45) is 5.92 Å². The lowest BCUT2D eigenvalue weighted by atomic mass is 9.78. The highest BCUT2D eigenvalue weighted by Gasteiger charge is 2.34. The molecule has 0 bridgehead atoms. The van der Waals surface area contributed by atoms with E-state index in [1.54, 1.807) is 0 Å². The predicted molar refractivity (Wildman–Crippen MR) is 61.7 cm³/mol. The Morgan fingerprint density at radius 3 is 2.94 bits per heavy atom. The minimum Gasteiger partial charge on any atom is -0.303 e. The van der Waals surface area contributed by atoms with Crippen molar-refractivity contribution in [3.05, 3.63) is 0 Å². The number of hydrogen-bond donors (Lipinski definition) is 2. The SMILES string of the molecule is CCONC(=O)C1CCC2CCCCC2N1. The number of fused-ring (bicyclic) bond motifs is 1. The second kappa shape index (κ2) is 5.64. The molecule has 3 unspecified atom stereocenters. The van der Waals surface area contributed by atoms with Gasteiger partial charge in [-0.05, 0) is 38.5 Å². The minimum absolute atomic E-state index is 0.00845. The number of hydroxylamine groups is 1. The van der Waals surface area contributed by atoms with Gasteiger partial charge in [-0.2, -0.15) is 0 Å². The molecular weight excluding hydrogens is 204 g/mol. The fraction of sp³-hybridized carbons (Fsp3) is 0.917. The molecule has 0 spiro atoms. The van der Waals surface area contributed by atoms with Gasteiger partial charge in [-0.1, -0.05) is 12.8 Å². The second-order valence-corrected chi connectivity index (χ2v) is 4.85. The summed E-state index contributed by atoms with van der Waals surface area (Å²) in [5, 5.41) is 3.47. The van der Waals surface area contributed by atoms with E-state index in [0.717, 1.165) is 12.3 Å². The molecule has 92 valence electrons. The summed E-state index contributed by atoms with van der Waals surface area (Å²) in [6.45, 7) is 2.39. The zero-order valence-electron chi connectivity index (χ0n) is 10.00. The van der Waals surface area contributed by atoms with Gasteiger partial charge in [0.15, 0.2) is 0 Å². The quantitative estimate of drug-likeness (QED) is 0.714. The van der Waals surface area contributed by atoms with Gasteiger partial charge in [0.25, 0.3) is 5.91 Å². The monoisotopic (exact) mass is 226 g/mol. The van der Waals surface area contributed by atoms with E-state index in [1.807, 2.05) is 6.92 Å². The molecule has 1 saturated carbocycles. The van der Waals surface area contributed by atoms with Gasteiger partial charge in [-0.15, -0.1) is 0 Å². The minimum atomic E-state index is -0.0501. The van der Waals surface area contributed by atoms with Crippen LogP contribution in [-0.2, 0) is 9.63 Å². The van der Waals surface area contributed by atoms with Crippen molar-refractivity contribution in [3.63, 3.8) is 0 Å². The molecule has 0 aromatic carbocycles. The standard InChI is InChI=1S/C12H22N2O2/c1-2-16-14-12(15)11-8-7-9-5-3-4-6-10(9)13-11/h9-11,13H,2-8H2,1H3,(H,14,15). The fourth-order valence-corrected chi connectivity index (χ4v) is 2.92. The molecule has 3 atom stereocenters. The normalized spacial score (nSPS) is 34.2. The molecular formula is C12H22N2O2. The predicted octanol–water partition coefficient (Wildman–Crippen LogP) is 1.36. The molecule has 0 aromatic heterocycles. The molecule has 2 fully saturated rings. The van der Waals surface area contributed by atoms with Gasteiger partial charge in [0.05, 0.1) is 12.6 Å². The maximum absolute atomic E-state index is 11.7. The van der Waals surface area contributed by atoms with Crippen molar-refractivity contribution < 1.29 is 9.63 Å². The van der Waals surface area contributed by atoms with E-state index in [0.29, 0.717) is 12.6 Å². The molecule has 4 heteroatoms. The number of carbonyl (C=O) groups is 1. The fourth-order valence-electron chi connectivity index (χ4n) is 2.92. The number of piperidine rings is 1. The van der Waals surface area contributed by atoms with Crippen LogP contribution in [-0.4, -0.2) is 24.6 Å². The lowest BCUT2D eigenvalue weighted by Crippen LogP contribution is -2.54. The molecule has 1 saturated heterocycles. The Hall–Kier alpha value is -0.610. The Kier molecular flexibility index (Phi) is 4.18. The second-order valence-electron chi connectivity index (χ2n) is 4.85. The van der Waals surface area contributed by atoms with Crippen molar-refractivity contribution in [2.75, 3.05) is 6.61 Å². The molecule has 4 nitrogen and oxygen atoms in total. The van der Waals surface area contributed by atoms with Crippen LogP contribution in [0.4, 0.5) is 0 Å². The lowest BCUT2D eigenvalue weighted by molar-refractivity contribution is -0.136. The van der Waals surface area contributed by atoms with Crippen molar-refractivity contribution in [1.29, 1.82) is 0 Å². The van der Waals surface area contributed by atoms with Gasteiger partial charge in [-0.3, -0.25) is 9.63 Å². The van der Waals surface area contributed by atoms with Gasteiger partial charge in [-0.25, -0.2) is 5.48 Å². The smallest absolute Gasteiger partial charge is 0.260 e. The first kappa shape index (κ1) is 11.9. The zero-order valence-corrected chi connectivity index (χ0v) is 10.00. The van der Waals surface area contributed by atoms with Crippen molar-refractivity contribution in [1.82, 2.24) is 10.8 Å². The molecule has 2 N–H and O–H groups in total. The van der Waals surface area contributed by atoms with Crippen molar-refractivity contribution in [3.8, 4) is 0 Å². The summed E-state index contributed by atoms with van der Waals surface area (Å²) in [6, 6.07) is 0.505. The van der Waals surface area contributed by atoms with Gasteiger partial charge in [0.2, 0.25) is 0 Å². The molecule has 2 rings (SSSR count). The van der Waals surface area contributed by atoms with E-state index in [4.69, 9.17) is 4.84 Å². The number of hydrogen-bond acceptors (Lipinski definition) is 3. The summed E-state index contributed by atoms with van der Waals surface area (Å²) >= 11 is 0. The Labute approximate surface area is 97.1 Å². The molecule has 1 heterocycles. The third kappa shape index (κ3) is 2.74. The third-order valence-electron chi connectivity index (χ3n) is 3.78. The maximum Gasteiger partial charge on any atom is 0.260 e. The number of carbonyl (C=O) groups excluding carboxylic acids is 1. The summed E-state index contributed by atoms with van der Waals surface area (Å²) in [6.07, 6.45) is 7.34. The lowest BCUT2D eigenvalue weighted by Gasteiger charge is -2.39. The van der Waals surface area contributed by atoms with Crippen molar-refractivity contribution >= 4 is 5.91 Å². The summed E-state index contributed by atoms with van der Waals surface area (Å²) in [5.41, 5.74) is 2.50. The van der Waals surface area contributed by atoms with Crippen LogP contribution in [0.15, 0.2) is 0 Å². The van der Waals surface area contributed by atoms with E-state index in [-0.39, 0.29) is 11.9 Å². The Bertz CT molecular complexity index is 245. The highest BCUT2D eigenvalue weighted by Crippen LogP contribution is 2.32. The topological polar surface area (TPSA) is 50.4 Å². The summed E-state index contributed by atoms with van der Waals surface area (Å²) in [4.78, 5) is 16.7. The molecule has 1 aliphatic carbocycles. The van der Waals surface area contributed by atoms with E-state index in [9.17, 15) is 4.79 Å². The number of nitrogens with one attached hydrogen (secondary N) is 2. The number of rotatable bonds is 3.